The third-order valence-corrected chi connectivity index (χ3v) is 2.89. The Hall–Kier alpha value is -2.57. The molecule has 0 aliphatic heterocycles. The molecule has 0 spiro atoms. The van der Waals surface area contributed by atoms with Gasteiger partial charge in [-0.05, 0) is 25.0 Å². The Balaban J connectivity index is 2.04. The first-order valence-electron chi connectivity index (χ1n) is 6.73. The summed E-state index contributed by atoms with van der Waals surface area (Å²) in [5, 5.41) is 9.45. The molecule has 2 rings (SSSR count). The Kier molecular flexibility index (Phi) is 4.42. The number of H-pyrrole nitrogens is 2. The maximum atomic E-state index is 12.0. The van der Waals surface area contributed by atoms with Crippen molar-refractivity contribution in [1.29, 1.82) is 0 Å². The van der Waals surface area contributed by atoms with E-state index in [1.165, 1.54) is 12.3 Å². The minimum Gasteiger partial charge on any atom is -0.461 e. The van der Waals surface area contributed by atoms with Crippen molar-refractivity contribution in [3.05, 3.63) is 35.4 Å². The summed E-state index contributed by atoms with van der Waals surface area (Å²) in [6.45, 7) is 6.04. The molecular formula is C14H18N4O3. The van der Waals surface area contributed by atoms with Gasteiger partial charge in [-0.2, -0.15) is 5.10 Å². The molecule has 7 nitrogen and oxygen atoms in total. The number of aromatic nitrogens is 3. The number of amides is 1. The van der Waals surface area contributed by atoms with E-state index < -0.39 is 5.97 Å². The van der Waals surface area contributed by atoms with Crippen molar-refractivity contribution in [3.8, 4) is 0 Å². The Morgan fingerprint density at radius 3 is 2.76 bits per heavy atom. The number of carbonyl (C=O) groups is 2. The Labute approximate surface area is 122 Å². The largest absolute Gasteiger partial charge is 0.461 e. The summed E-state index contributed by atoms with van der Waals surface area (Å²) in [6, 6.07) is 3.23. The monoisotopic (exact) mass is 290 g/mol. The van der Waals surface area contributed by atoms with Gasteiger partial charge < -0.3 is 15.0 Å². The SMILES string of the molecule is CCOC(=O)c1cc(NC(=O)c2cc(C(C)C)[nH]n2)c[nH]1. The number of carbonyl (C=O) groups excluding carboxylic acids is 2. The van der Waals surface area contributed by atoms with Crippen LogP contribution in [0.5, 0.6) is 0 Å². The molecule has 1 amide bonds. The van der Waals surface area contributed by atoms with Crippen molar-refractivity contribution < 1.29 is 14.3 Å². The third kappa shape index (κ3) is 3.50. The zero-order valence-corrected chi connectivity index (χ0v) is 12.2. The molecule has 3 N–H and O–H groups in total. The van der Waals surface area contributed by atoms with Crippen LogP contribution in [0, 0.1) is 0 Å². The maximum absolute atomic E-state index is 12.0. The molecule has 0 bridgehead atoms. The van der Waals surface area contributed by atoms with Gasteiger partial charge in [0.05, 0.1) is 12.3 Å². The highest BCUT2D eigenvalue weighted by atomic mass is 16.5. The fourth-order valence-electron chi connectivity index (χ4n) is 1.74. The van der Waals surface area contributed by atoms with Crippen LogP contribution in [0.1, 0.15) is 53.4 Å². The summed E-state index contributed by atoms with van der Waals surface area (Å²) in [5.41, 5.74) is 1.97. The van der Waals surface area contributed by atoms with Crippen LogP contribution in [-0.2, 0) is 4.74 Å². The number of nitrogens with zero attached hydrogens (tertiary/aromatic N) is 1. The predicted molar refractivity (Wildman–Crippen MR) is 77.4 cm³/mol. The van der Waals surface area contributed by atoms with Crippen LogP contribution >= 0.6 is 0 Å². The van der Waals surface area contributed by atoms with Gasteiger partial charge in [0.15, 0.2) is 5.69 Å². The number of hydrogen-bond donors (Lipinski definition) is 3. The number of ether oxygens (including phenoxy) is 1. The molecule has 0 saturated carbocycles. The van der Waals surface area contributed by atoms with Gasteiger partial charge in [0, 0.05) is 11.9 Å². The van der Waals surface area contributed by atoms with E-state index in [0.717, 1.165) is 5.69 Å². The lowest BCUT2D eigenvalue weighted by molar-refractivity contribution is 0.0520. The lowest BCUT2D eigenvalue weighted by Crippen LogP contribution is -2.11. The second-order valence-electron chi connectivity index (χ2n) is 4.84. The van der Waals surface area contributed by atoms with Crippen molar-refractivity contribution in [2.24, 2.45) is 0 Å². The predicted octanol–water partition coefficient (Wildman–Crippen LogP) is 2.29. The number of rotatable bonds is 5. The summed E-state index contributed by atoms with van der Waals surface area (Å²) < 4.78 is 4.86. The van der Waals surface area contributed by atoms with E-state index >= 15 is 0 Å². The Morgan fingerprint density at radius 1 is 1.38 bits per heavy atom. The first-order chi connectivity index (χ1) is 10.0. The highest BCUT2D eigenvalue weighted by Crippen LogP contribution is 2.15. The van der Waals surface area contributed by atoms with E-state index in [1.807, 2.05) is 13.8 Å². The highest BCUT2D eigenvalue weighted by Gasteiger charge is 2.14. The van der Waals surface area contributed by atoms with Gasteiger partial charge in [0.2, 0.25) is 0 Å². The van der Waals surface area contributed by atoms with Crippen molar-refractivity contribution in [2.75, 3.05) is 11.9 Å². The molecule has 0 aliphatic rings. The molecular weight excluding hydrogens is 272 g/mol. The summed E-state index contributed by atoms with van der Waals surface area (Å²) in [5.74, 6) is -0.533. The number of esters is 1. The van der Waals surface area contributed by atoms with E-state index in [2.05, 4.69) is 20.5 Å². The summed E-state index contributed by atoms with van der Waals surface area (Å²) >= 11 is 0. The second kappa shape index (κ2) is 6.25. The number of anilines is 1. The summed E-state index contributed by atoms with van der Waals surface area (Å²) in [6.07, 6.45) is 1.53. The van der Waals surface area contributed by atoms with Crippen molar-refractivity contribution in [1.82, 2.24) is 15.2 Å². The first-order valence-corrected chi connectivity index (χ1v) is 6.73. The number of hydrogen-bond acceptors (Lipinski definition) is 4. The molecule has 0 aliphatic carbocycles. The summed E-state index contributed by atoms with van der Waals surface area (Å²) in [7, 11) is 0. The lowest BCUT2D eigenvalue weighted by Gasteiger charge is -1.99. The van der Waals surface area contributed by atoms with Gasteiger partial charge in [-0.3, -0.25) is 9.89 Å². The second-order valence-corrected chi connectivity index (χ2v) is 4.84. The molecule has 0 radical (unpaired) electrons. The molecule has 2 aromatic rings. The van der Waals surface area contributed by atoms with Crippen LogP contribution in [0.25, 0.3) is 0 Å². The minimum absolute atomic E-state index is 0.265. The molecule has 2 aromatic heterocycles. The van der Waals surface area contributed by atoms with E-state index in [4.69, 9.17) is 4.74 Å². The van der Waals surface area contributed by atoms with Gasteiger partial charge in [-0.1, -0.05) is 13.8 Å². The van der Waals surface area contributed by atoms with Crippen LogP contribution in [0.2, 0.25) is 0 Å². The first kappa shape index (κ1) is 14.8. The van der Waals surface area contributed by atoms with Crippen LogP contribution in [-0.4, -0.2) is 33.7 Å². The highest BCUT2D eigenvalue weighted by molar-refractivity contribution is 6.03. The van der Waals surface area contributed by atoms with E-state index in [-0.39, 0.29) is 17.5 Å². The fourth-order valence-corrected chi connectivity index (χ4v) is 1.74. The molecule has 21 heavy (non-hydrogen) atoms. The Morgan fingerprint density at radius 2 is 2.14 bits per heavy atom. The number of nitrogens with one attached hydrogen (secondary N) is 3. The Bertz CT molecular complexity index is 642. The van der Waals surface area contributed by atoms with Gasteiger partial charge in [0.25, 0.3) is 5.91 Å². The van der Waals surface area contributed by atoms with Crippen LogP contribution < -0.4 is 5.32 Å². The van der Waals surface area contributed by atoms with E-state index in [0.29, 0.717) is 18.0 Å². The number of aromatic amines is 2. The van der Waals surface area contributed by atoms with E-state index in [9.17, 15) is 9.59 Å². The molecule has 0 aromatic carbocycles. The third-order valence-electron chi connectivity index (χ3n) is 2.89. The van der Waals surface area contributed by atoms with Crippen LogP contribution in [0.3, 0.4) is 0 Å². The normalized spacial score (nSPS) is 10.7. The van der Waals surface area contributed by atoms with Gasteiger partial charge in [0.1, 0.15) is 5.69 Å². The topological polar surface area (TPSA) is 99.9 Å². The smallest absolute Gasteiger partial charge is 0.354 e. The van der Waals surface area contributed by atoms with E-state index in [1.54, 1.807) is 13.0 Å². The quantitative estimate of drug-likeness (QED) is 0.735. The molecule has 0 atom stereocenters. The molecule has 112 valence electrons. The molecule has 0 unspecified atom stereocenters. The molecule has 7 heteroatoms. The zero-order chi connectivity index (χ0) is 15.4. The minimum atomic E-state index is -0.458. The summed E-state index contributed by atoms with van der Waals surface area (Å²) in [4.78, 5) is 26.3. The fraction of sp³-hybridized carbons (Fsp3) is 0.357. The van der Waals surface area contributed by atoms with Crippen molar-refractivity contribution in [3.63, 3.8) is 0 Å². The molecule has 0 fully saturated rings. The van der Waals surface area contributed by atoms with Crippen LogP contribution in [0.15, 0.2) is 18.3 Å². The van der Waals surface area contributed by atoms with Crippen molar-refractivity contribution >= 4 is 17.6 Å². The zero-order valence-electron chi connectivity index (χ0n) is 12.2. The average Bonchev–Trinajstić information content (AvgIpc) is 3.07. The van der Waals surface area contributed by atoms with Gasteiger partial charge in [-0.15, -0.1) is 0 Å². The van der Waals surface area contributed by atoms with Gasteiger partial charge in [-0.25, -0.2) is 4.79 Å². The van der Waals surface area contributed by atoms with Crippen LogP contribution in [0.4, 0.5) is 5.69 Å². The lowest BCUT2D eigenvalue weighted by atomic mass is 10.1. The van der Waals surface area contributed by atoms with Crippen molar-refractivity contribution in [2.45, 2.75) is 26.7 Å². The van der Waals surface area contributed by atoms with Gasteiger partial charge >= 0.3 is 5.97 Å². The maximum Gasteiger partial charge on any atom is 0.354 e. The standard InChI is InChI=1S/C14H18N4O3/c1-4-21-14(20)12-5-9(7-15-12)16-13(19)11-6-10(8(2)3)17-18-11/h5-8,15H,4H2,1-3H3,(H,16,19)(H,17,18). The molecule has 2 heterocycles. The molecule has 0 saturated heterocycles. The average molecular weight is 290 g/mol.